The molecule has 3 aliphatic rings. The fraction of sp³-hybridized carbons (Fsp3) is 0.423. The van der Waals surface area contributed by atoms with Crippen molar-refractivity contribution in [2.45, 2.75) is 24.9 Å². The molecule has 1 saturated carbocycles. The number of amides is 1. The Kier molecular flexibility index (Phi) is 5.61. The third-order valence-electron chi connectivity index (χ3n) is 7.78. The fourth-order valence-corrected chi connectivity index (χ4v) is 6.65. The summed E-state index contributed by atoms with van der Waals surface area (Å²) in [5.74, 6) is 1.35. The predicted molar refractivity (Wildman–Crippen MR) is 142 cm³/mol. The average molecular weight is 490 g/mol. The van der Waals surface area contributed by atoms with Gasteiger partial charge in [0.1, 0.15) is 5.82 Å². The summed E-state index contributed by atoms with van der Waals surface area (Å²) in [4.78, 5) is 26.5. The molecule has 1 aromatic carbocycles. The van der Waals surface area contributed by atoms with Crippen molar-refractivity contribution in [1.29, 1.82) is 0 Å². The first-order valence-electron chi connectivity index (χ1n) is 12.2. The summed E-state index contributed by atoms with van der Waals surface area (Å²) in [6.45, 7) is 2.13. The molecule has 1 aliphatic heterocycles. The lowest BCUT2D eigenvalue weighted by Gasteiger charge is -2.27. The Morgan fingerprint density at radius 2 is 1.94 bits per heavy atom. The number of allylic oxidation sites excluding steroid dienone is 1. The molecule has 4 N–H and O–H groups in total. The highest BCUT2D eigenvalue weighted by atomic mass is 32.1. The summed E-state index contributed by atoms with van der Waals surface area (Å²) in [5.41, 5.74) is 8.83. The third-order valence-corrected chi connectivity index (χ3v) is 8.69. The molecule has 1 saturated heterocycles. The molecule has 2 fully saturated rings. The minimum Gasteiger partial charge on any atom is -0.370 e. The second-order valence-corrected chi connectivity index (χ2v) is 11.0. The third kappa shape index (κ3) is 4.12. The lowest BCUT2D eigenvalue weighted by atomic mass is 9.88. The highest BCUT2D eigenvalue weighted by Crippen LogP contribution is 2.45. The molecule has 2 aliphatic carbocycles. The number of aromatic nitrogens is 2. The molecule has 6 rings (SSSR count). The van der Waals surface area contributed by atoms with Crippen LogP contribution < -0.4 is 21.3 Å². The lowest BCUT2D eigenvalue weighted by Crippen LogP contribution is -2.41. The van der Waals surface area contributed by atoms with Crippen molar-refractivity contribution in [2.75, 3.05) is 42.7 Å². The molecule has 9 heteroatoms. The van der Waals surface area contributed by atoms with Crippen LogP contribution in [0.25, 0.3) is 10.2 Å². The van der Waals surface area contributed by atoms with Crippen molar-refractivity contribution in [3.8, 4) is 0 Å². The standard InChI is InChI=1S/C26H31N7OS/c1-32(2)19-9-11-33(14-19)18-7-5-17(6-8-18)28-26-29-20-10-12-35-23(20)25(31-26)30-22-16-4-3-15(13-16)21(22)24(27)34/h3-8,10,12,15-16,19,21-22H,9,11,13-14H2,1-2H3,(H2,27,34)(H2,28,29,30,31)/t15?,16?,19-,21+,22+/m1/s1. The number of nitrogens with zero attached hydrogens (tertiary/aromatic N) is 4. The van der Waals surface area contributed by atoms with E-state index in [4.69, 9.17) is 15.7 Å². The van der Waals surface area contributed by atoms with Gasteiger partial charge in [-0.15, -0.1) is 11.3 Å². The number of hydrogen-bond acceptors (Lipinski definition) is 8. The molecule has 182 valence electrons. The summed E-state index contributed by atoms with van der Waals surface area (Å²) in [6, 6.07) is 11.0. The van der Waals surface area contributed by atoms with E-state index in [1.165, 1.54) is 12.1 Å². The SMILES string of the molecule is CN(C)[C@@H]1CCN(c2ccc(Nc3nc(N[C@H]4C5C=CC(C5)[C@@H]4C(N)=O)c4sccc4n3)cc2)C1. The second-order valence-electron chi connectivity index (χ2n) is 10.1. The maximum Gasteiger partial charge on any atom is 0.229 e. The summed E-state index contributed by atoms with van der Waals surface area (Å²) in [7, 11) is 4.30. The van der Waals surface area contributed by atoms with E-state index in [1.54, 1.807) is 11.3 Å². The number of carbonyl (C=O) groups excluding carboxylic acids is 1. The average Bonchev–Trinajstić information content (AvgIpc) is 3.63. The van der Waals surface area contributed by atoms with Gasteiger partial charge in [0.15, 0.2) is 0 Å². The number of primary amides is 1. The van der Waals surface area contributed by atoms with Gasteiger partial charge in [0.05, 0.1) is 16.1 Å². The minimum absolute atomic E-state index is 0.0405. The van der Waals surface area contributed by atoms with E-state index >= 15 is 0 Å². The highest BCUT2D eigenvalue weighted by Gasteiger charge is 2.47. The van der Waals surface area contributed by atoms with Crippen LogP contribution in [0.2, 0.25) is 0 Å². The van der Waals surface area contributed by atoms with Crippen LogP contribution >= 0.6 is 11.3 Å². The molecule has 0 spiro atoms. The van der Waals surface area contributed by atoms with Gasteiger partial charge in [-0.1, -0.05) is 12.2 Å². The van der Waals surface area contributed by atoms with Crippen molar-refractivity contribution < 1.29 is 4.79 Å². The van der Waals surface area contributed by atoms with E-state index < -0.39 is 0 Å². The molecule has 5 atom stereocenters. The Hall–Kier alpha value is -3.17. The van der Waals surface area contributed by atoms with Crippen LogP contribution in [0.4, 0.5) is 23.1 Å². The summed E-state index contributed by atoms with van der Waals surface area (Å²) >= 11 is 1.60. The van der Waals surface area contributed by atoms with Crippen LogP contribution in [-0.4, -0.2) is 60.0 Å². The van der Waals surface area contributed by atoms with Gasteiger partial charge in [0.2, 0.25) is 11.9 Å². The lowest BCUT2D eigenvalue weighted by molar-refractivity contribution is -0.122. The molecule has 2 aromatic heterocycles. The Balaban J connectivity index is 1.22. The van der Waals surface area contributed by atoms with Gasteiger partial charge in [0, 0.05) is 36.5 Å². The molecule has 3 aromatic rings. The van der Waals surface area contributed by atoms with Crippen LogP contribution in [0.3, 0.4) is 0 Å². The van der Waals surface area contributed by atoms with Gasteiger partial charge in [-0.3, -0.25) is 4.79 Å². The second kappa shape index (κ2) is 8.80. The number of nitrogens with one attached hydrogen (secondary N) is 2. The van der Waals surface area contributed by atoms with E-state index in [2.05, 4.69) is 70.9 Å². The van der Waals surface area contributed by atoms with Gasteiger partial charge < -0.3 is 26.2 Å². The van der Waals surface area contributed by atoms with Crippen molar-refractivity contribution in [1.82, 2.24) is 14.9 Å². The van der Waals surface area contributed by atoms with E-state index in [1.807, 2.05) is 11.4 Å². The predicted octanol–water partition coefficient (Wildman–Crippen LogP) is 3.66. The number of rotatable bonds is 7. The first-order chi connectivity index (χ1) is 17.0. The fourth-order valence-electron chi connectivity index (χ4n) is 5.86. The Morgan fingerprint density at radius 3 is 2.69 bits per heavy atom. The number of anilines is 4. The molecular weight excluding hydrogens is 458 g/mol. The molecule has 2 bridgehead atoms. The molecule has 1 amide bonds. The molecular formula is C26H31N7OS. The van der Waals surface area contributed by atoms with Crippen LogP contribution in [0.5, 0.6) is 0 Å². The van der Waals surface area contributed by atoms with Crippen molar-refractivity contribution >= 4 is 50.6 Å². The van der Waals surface area contributed by atoms with Crippen molar-refractivity contribution in [2.24, 2.45) is 23.5 Å². The van der Waals surface area contributed by atoms with Gasteiger partial charge in [0.25, 0.3) is 0 Å². The Morgan fingerprint density at radius 1 is 1.14 bits per heavy atom. The first-order valence-corrected chi connectivity index (χ1v) is 13.1. The monoisotopic (exact) mass is 489 g/mol. The molecule has 2 unspecified atom stereocenters. The smallest absolute Gasteiger partial charge is 0.229 e. The van der Waals surface area contributed by atoms with Gasteiger partial charge in [-0.2, -0.15) is 4.98 Å². The normalized spacial score (nSPS) is 27.3. The summed E-state index contributed by atoms with van der Waals surface area (Å²) in [5, 5.41) is 8.97. The molecule has 0 radical (unpaired) electrons. The largest absolute Gasteiger partial charge is 0.370 e. The quantitative estimate of drug-likeness (QED) is 0.436. The number of hydrogen-bond donors (Lipinski definition) is 3. The maximum atomic E-state index is 12.2. The van der Waals surface area contributed by atoms with Crippen molar-refractivity contribution in [3.63, 3.8) is 0 Å². The Bertz CT molecular complexity index is 1270. The number of carbonyl (C=O) groups is 1. The van der Waals surface area contributed by atoms with Crippen LogP contribution in [0.15, 0.2) is 47.9 Å². The highest BCUT2D eigenvalue weighted by molar-refractivity contribution is 7.17. The van der Waals surface area contributed by atoms with Crippen LogP contribution in [-0.2, 0) is 4.79 Å². The topological polar surface area (TPSA) is 99.4 Å². The zero-order valence-electron chi connectivity index (χ0n) is 20.0. The van der Waals surface area contributed by atoms with Gasteiger partial charge >= 0.3 is 0 Å². The first kappa shape index (κ1) is 22.3. The maximum absolute atomic E-state index is 12.2. The number of nitrogens with two attached hydrogens (primary N) is 1. The molecule has 3 heterocycles. The van der Waals surface area contributed by atoms with E-state index in [0.717, 1.165) is 41.2 Å². The van der Waals surface area contributed by atoms with E-state index in [-0.39, 0.29) is 23.8 Å². The molecule has 8 nitrogen and oxygen atoms in total. The van der Waals surface area contributed by atoms with Crippen LogP contribution in [0.1, 0.15) is 12.8 Å². The van der Waals surface area contributed by atoms with E-state index in [9.17, 15) is 4.79 Å². The van der Waals surface area contributed by atoms with Gasteiger partial charge in [-0.05, 0) is 74.5 Å². The van der Waals surface area contributed by atoms with E-state index in [0.29, 0.717) is 17.9 Å². The minimum atomic E-state index is -0.246. The van der Waals surface area contributed by atoms with Crippen molar-refractivity contribution in [3.05, 3.63) is 47.9 Å². The number of benzene rings is 1. The molecule has 35 heavy (non-hydrogen) atoms. The zero-order chi connectivity index (χ0) is 24.1. The summed E-state index contributed by atoms with van der Waals surface area (Å²) < 4.78 is 0.991. The number of fused-ring (bicyclic) bond motifs is 3. The Labute approximate surface area is 209 Å². The van der Waals surface area contributed by atoms with Gasteiger partial charge in [-0.25, -0.2) is 4.98 Å². The number of likely N-dealkylation sites (N-methyl/N-ethyl adjacent to an activating group) is 1. The van der Waals surface area contributed by atoms with Crippen LogP contribution in [0, 0.1) is 17.8 Å². The zero-order valence-corrected chi connectivity index (χ0v) is 20.8. The number of thiophene rings is 1. The summed E-state index contributed by atoms with van der Waals surface area (Å²) in [6.07, 6.45) is 6.49.